The first kappa shape index (κ1) is 13.4. The zero-order valence-corrected chi connectivity index (χ0v) is 10.8. The van der Waals surface area contributed by atoms with Crippen LogP contribution < -0.4 is 5.56 Å². The molecule has 0 radical (unpaired) electrons. The average Bonchev–Trinajstić information content (AvgIpc) is 2.70. The van der Waals surface area contributed by atoms with E-state index in [2.05, 4.69) is 4.98 Å². The Morgan fingerprint density at radius 3 is 2.94 bits per heavy atom. The van der Waals surface area contributed by atoms with Gasteiger partial charge in [-0.25, -0.2) is 0 Å². The third-order valence-electron chi connectivity index (χ3n) is 3.12. The van der Waals surface area contributed by atoms with Crippen molar-refractivity contribution in [2.24, 2.45) is 0 Å². The quantitative estimate of drug-likeness (QED) is 0.680. The molecule has 0 spiro atoms. The maximum absolute atomic E-state index is 11.6. The zero-order chi connectivity index (χ0) is 13.3. The van der Waals surface area contributed by atoms with E-state index >= 15 is 0 Å². The molecule has 1 aromatic heterocycles. The predicted molar refractivity (Wildman–Crippen MR) is 66.9 cm³/mol. The first-order valence-corrected chi connectivity index (χ1v) is 6.26. The molecule has 3 N–H and O–H groups in total. The van der Waals surface area contributed by atoms with Crippen molar-refractivity contribution < 1.29 is 14.9 Å². The van der Waals surface area contributed by atoms with E-state index in [0.717, 1.165) is 0 Å². The van der Waals surface area contributed by atoms with E-state index in [4.69, 9.17) is 22.1 Å². The summed E-state index contributed by atoms with van der Waals surface area (Å²) in [5.41, 5.74) is 0.408. The van der Waals surface area contributed by atoms with Crippen LogP contribution in [0, 0.1) is 4.77 Å². The molecule has 2 heterocycles. The Labute approximate surface area is 109 Å². The minimum absolute atomic E-state index is 0.198. The van der Waals surface area contributed by atoms with E-state index in [1.54, 1.807) is 10.8 Å². The lowest BCUT2D eigenvalue weighted by Crippen LogP contribution is -2.24. The van der Waals surface area contributed by atoms with Crippen LogP contribution in [0.5, 0.6) is 0 Å². The van der Waals surface area contributed by atoms with Gasteiger partial charge in [-0.3, -0.25) is 14.3 Å². The van der Waals surface area contributed by atoms with Gasteiger partial charge in [-0.05, 0) is 18.6 Å². The van der Waals surface area contributed by atoms with E-state index < -0.39 is 18.4 Å². The van der Waals surface area contributed by atoms with Gasteiger partial charge in [-0.1, -0.05) is 6.92 Å². The van der Waals surface area contributed by atoms with Gasteiger partial charge >= 0.3 is 0 Å². The summed E-state index contributed by atoms with van der Waals surface area (Å²) in [6, 6.07) is 0. The summed E-state index contributed by atoms with van der Waals surface area (Å²) in [5.74, 6) is 0. The molecule has 6 nitrogen and oxygen atoms in total. The monoisotopic (exact) mass is 272 g/mol. The number of H-pyrrole nitrogens is 1. The smallest absolute Gasteiger partial charge is 0.254 e. The van der Waals surface area contributed by atoms with Crippen molar-refractivity contribution in [1.29, 1.82) is 0 Å². The number of hydrogen-bond donors (Lipinski definition) is 3. The minimum Gasteiger partial charge on any atom is -0.394 e. The molecule has 1 saturated heterocycles. The molecule has 0 aromatic carbocycles. The SMILES string of the molecule is CCc1cn([C@H]2C[C@H](O)[C@@H](CO)O2)c(=S)[nH]c1=O. The number of aliphatic hydroxyl groups is 2. The van der Waals surface area contributed by atoms with Gasteiger partial charge in [0.05, 0.1) is 12.7 Å². The highest BCUT2D eigenvalue weighted by Crippen LogP contribution is 2.28. The van der Waals surface area contributed by atoms with Crippen molar-refractivity contribution in [3.8, 4) is 0 Å². The van der Waals surface area contributed by atoms with Crippen LogP contribution in [-0.2, 0) is 11.2 Å². The summed E-state index contributed by atoms with van der Waals surface area (Å²) in [6.45, 7) is 1.63. The summed E-state index contributed by atoms with van der Waals surface area (Å²) in [6.07, 6.45) is 0.802. The van der Waals surface area contributed by atoms with Gasteiger partial charge < -0.3 is 14.9 Å². The highest BCUT2D eigenvalue weighted by atomic mass is 32.1. The number of aliphatic hydroxyl groups excluding tert-OH is 2. The van der Waals surface area contributed by atoms with Crippen molar-refractivity contribution in [2.75, 3.05) is 6.61 Å². The summed E-state index contributed by atoms with van der Waals surface area (Å²) >= 11 is 5.08. The van der Waals surface area contributed by atoms with Crippen LogP contribution in [0.3, 0.4) is 0 Å². The molecule has 0 amide bonds. The van der Waals surface area contributed by atoms with Crippen LogP contribution in [0.4, 0.5) is 0 Å². The van der Waals surface area contributed by atoms with E-state index in [1.165, 1.54) is 0 Å². The maximum Gasteiger partial charge on any atom is 0.254 e. The summed E-state index contributed by atoms with van der Waals surface area (Å²) in [4.78, 5) is 14.1. The molecule has 0 bridgehead atoms. The second-order valence-electron chi connectivity index (χ2n) is 4.29. The topological polar surface area (TPSA) is 87.5 Å². The fourth-order valence-electron chi connectivity index (χ4n) is 2.04. The number of ether oxygens (including phenoxy) is 1. The number of hydrogen-bond acceptors (Lipinski definition) is 5. The first-order valence-electron chi connectivity index (χ1n) is 5.85. The van der Waals surface area contributed by atoms with Crippen molar-refractivity contribution in [3.05, 3.63) is 26.9 Å². The van der Waals surface area contributed by atoms with Crippen LogP contribution in [0.15, 0.2) is 11.0 Å². The molecule has 100 valence electrons. The molecule has 0 unspecified atom stereocenters. The lowest BCUT2D eigenvalue weighted by Gasteiger charge is -2.16. The minimum atomic E-state index is -0.723. The molecule has 1 aliphatic rings. The molecule has 1 aromatic rings. The number of nitrogens with zero attached hydrogens (tertiary/aromatic N) is 1. The Balaban J connectivity index is 2.35. The molecular weight excluding hydrogens is 256 g/mol. The van der Waals surface area contributed by atoms with Gasteiger partial charge in [-0.2, -0.15) is 0 Å². The van der Waals surface area contributed by atoms with Gasteiger partial charge in [0, 0.05) is 18.2 Å². The van der Waals surface area contributed by atoms with Gasteiger partial charge in [0.2, 0.25) is 0 Å². The molecule has 7 heteroatoms. The van der Waals surface area contributed by atoms with E-state index in [0.29, 0.717) is 18.4 Å². The summed E-state index contributed by atoms with van der Waals surface area (Å²) in [5, 5.41) is 18.7. The average molecular weight is 272 g/mol. The molecule has 3 atom stereocenters. The molecular formula is C11H16N2O4S. The number of aromatic amines is 1. The largest absolute Gasteiger partial charge is 0.394 e. The van der Waals surface area contributed by atoms with Crippen LogP contribution in [0.2, 0.25) is 0 Å². The van der Waals surface area contributed by atoms with Gasteiger partial charge in [0.25, 0.3) is 5.56 Å². The van der Waals surface area contributed by atoms with Crippen LogP contribution >= 0.6 is 12.2 Å². The molecule has 1 aliphatic heterocycles. The summed E-state index contributed by atoms with van der Waals surface area (Å²) < 4.78 is 7.38. The van der Waals surface area contributed by atoms with Gasteiger partial charge in [0.15, 0.2) is 4.77 Å². The number of nitrogens with one attached hydrogen (secondary N) is 1. The number of aromatic nitrogens is 2. The van der Waals surface area contributed by atoms with E-state index in [9.17, 15) is 9.90 Å². The maximum atomic E-state index is 11.6. The first-order chi connectivity index (χ1) is 8.56. The fourth-order valence-corrected chi connectivity index (χ4v) is 2.31. The van der Waals surface area contributed by atoms with Crippen LogP contribution in [0.1, 0.15) is 25.1 Å². The van der Waals surface area contributed by atoms with Gasteiger partial charge in [-0.15, -0.1) is 0 Å². The zero-order valence-electron chi connectivity index (χ0n) is 10.00. The molecule has 0 aliphatic carbocycles. The number of rotatable bonds is 3. The lowest BCUT2D eigenvalue weighted by molar-refractivity contribution is -0.0453. The highest BCUT2D eigenvalue weighted by molar-refractivity contribution is 7.71. The molecule has 18 heavy (non-hydrogen) atoms. The van der Waals surface area contributed by atoms with Crippen LogP contribution in [0.25, 0.3) is 0 Å². The molecule has 2 rings (SSSR count). The predicted octanol–water partition coefficient (Wildman–Crippen LogP) is 0.109. The third-order valence-corrected chi connectivity index (χ3v) is 3.43. The normalized spacial score (nSPS) is 27.6. The summed E-state index contributed by atoms with van der Waals surface area (Å²) in [7, 11) is 0. The second-order valence-corrected chi connectivity index (χ2v) is 4.68. The fraction of sp³-hybridized carbons (Fsp3) is 0.636. The van der Waals surface area contributed by atoms with Crippen molar-refractivity contribution in [3.63, 3.8) is 0 Å². The standard InChI is InChI=1S/C11H16N2O4S/c1-2-6-4-13(11(18)12-10(6)16)9-3-7(15)8(5-14)17-9/h4,7-9,14-15H,2-3,5H2,1H3,(H,12,16,18)/t7-,8+,9+/m0/s1. The Kier molecular flexibility index (Phi) is 3.96. The Morgan fingerprint density at radius 1 is 1.67 bits per heavy atom. The Hall–Kier alpha value is -1.02. The molecule has 0 saturated carbocycles. The van der Waals surface area contributed by atoms with Gasteiger partial charge in [0.1, 0.15) is 12.3 Å². The van der Waals surface area contributed by atoms with Crippen LogP contribution in [-0.4, -0.2) is 38.6 Å². The lowest BCUT2D eigenvalue weighted by atomic mass is 10.2. The van der Waals surface area contributed by atoms with Crippen molar-refractivity contribution >= 4 is 12.2 Å². The Bertz CT molecular complexity index is 539. The molecule has 1 fully saturated rings. The third kappa shape index (κ3) is 2.39. The van der Waals surface area contributed by atoms with E-state index in [-0.39, 0.29) is 16.9 Å². The number of aryl methyl sites for hydroxylation is 1. The van der Waals surface area contributed by atoms with E-state index in [1.807, 2.05) is 6.92 Å². The Morgan fingerprint density at radius 2 is 2.39 bits per heavy atom. The highest BCUT2D eigenvalue weighted by Gasteiger charge is 2.34. The second kappa shape index (κ2) is 5.31. The van der Waals surface area contributed by atoms with Crippen molar-refractivity contribution in [1.82, 2.24) is 9.55 Å². The van der Waals surface area contributed by atoms with Crippen molar-refractivity contribution in [2.45, 2.75) is 38.2 Å².